The Hall–Kier alpha value is -4.27. The lowest BCUT2D eigenvalue weighted by Crippen LogP contribution is -2.45. The molecule has 0 unspecified atom stereocenters. The van der Waals surface area contributed by atoms with Crippen molar-refractivity contribution in [2.24, 2.45) is 5.41 Å². The van der Waals surface area contributed by atoms with Crippen molar-refractivity contribution in [3.63, 3.8) is 0 Å². The Morgan fingerprint density at radius 3 is 2.28 bits per heavy atom. The van der Waals surface area contributed by atoms with Gasteiger partial charge in [0.05, 0.1) is 17.9 Å². The Kier molecular flexibility index (Phi) is 8.51. The van der Waals surface area contributed by atoms with Crippen LogP contribution < -0.4 is 5.32 Å². The number of carbonyl (C=O) groups is 2. The Bertz CT molecular complexity index is 1640. The normalized spacial score (nSPS) is 19.9. The zero-order chi connectivity index (χ0) is 33.5. The molecule has 1 N–H and O–H groups in total. The number of alkyl halides is 6. The van der Waals surface area contributed by atoms with Crippen molar-refractivity contribution >= 4 is 17.6 Å². The number of fused-ring (bicyclic) bond motifs is 5. The van der Waals surface area contributed by atoms with E-state index in [9.17, 15) is 35.9 Å². The third kappa shape index (κ3) is 6.78. The number of aromatic nitrogens is 3. The molecule has 46 heavy (non-hydrogen) atoms. The van der Waals surface area contributed by atoms with E-state index in [0.29, 0.717) is 11.6 Å². The molecule has 2 aliphatic rings. The fourth-order valence-corrected chi connectivity index (χ4v) is 5.08. The lowest BCUT2D eigenvalue weighted by Gasteiger charge is -2.31. The number of halogens is 6. The number of hydrogen-bond donors (Lipinski definition) is 1. The quantitative estimate of drug-likeness (QED) is 0.222. The van der Waals surface area contributed by atoms with Crippen LogP contribution in [0, 0.1) is 5.41 Å². The van der Waals surface area contributed by atoms with E-state index in [1.807, 2.05) is 0 Å². The van der Waals surface area contributed by atoms with Crippen LogP contribution in [0.25, 0.3) is 11.6 Å². The molecular formula is C31H30F6N4O5. The van der Waals surface area contributed by atoms with E-state index in [4.69, 9.17) is 13.9 Å². The molecule has 246 valence electrons. The summed E-state index contributed by atoms with van der Waals surface area (Å²) in [5.74, 6) is -2.72. The fourth-order valence-electron chi connectivity index (χ4n) is 5.08. The van der Waals surface area contributed by atoms with Crippen LogP contribution in [0.4, 0.5) is 36.8 Å². The predicted molar refractivity (Wildman–Crippen MR) is 150 cm³/mol. The Balaban J connectivity index is 1.71. The number of hydrogen-bond acceptors (Lipinski definition) is 8. The summed E-state index contributed by atoms with van der Waals surface area (Å²) < 4.78 is 104. The van der Waals surface area contributed by atoms with E-state index in [2.05, 4.69) is 20.5 Å². The van der Waals surface area contributed by atoms with Crippen LogP contribution in [-0.2, 0) is 27.9 Å². The number of nitrogens with zero attached hydrogens (tertiary/aromatic N) is 3. The summed E-state index contributed by atoms with van der Waals surface area (Å²) in [5, 5.41) is 9.45. The topological polar surface area (TPSA) is 116 Å². The van der Waals surface area contributed by atoms with Gasteiger partial charge in [0.1, 0.15) is 11.3 Å². The van der Waals surface area contributed by atoms with Crippen LogP contribution in [0.2, 0.25) is 0 Å². The minimum Gasteiger partial charge on any atom is -0.444 e. The van der Waals surface area contributed by atoms with Crippen molar-refractivity contribution in [2.45, 2.75) is 83.0 Å². The minimum atomic E-state index is -5.11. The highest BCUT2D eigenvalue weighted by molar-refractivity contribution is 6.03. The van der Waals surface area contributed by atoms with E-state index >= 15 is 0 Å². The van der Waals surface area contributed by atoms with Gasteiger partial charge in [0, 0.05) is 11.8 Å². The van der Waals surface area contributed by atoms with E-state index in [0.717, 1.165) is 0 Å². The average Bonchev–Trinajstić information content (AvgIpc) is 3.58. The van der Waals surface area contributed by atoms with Gasteiger partial charge in [0.25, 0.3) is 11.8 Å². The molecular weight excluding hydrogens is 622 g/mol. The highest BCUT2D eigenvalue weighted by Gasteiger charge is 2.61. The number of rotatable bonds is 4. The number of allylic oxidation sites excluding steroid dienone is 1. The summed E-state index contributed by atoms with van der Waals surface area (Å²) in [7, 11) is 0. The van der Waals surface area contributed by atoms with Gasteiger partial charge in [0.2, 0.25) is 5.60 Å². The Labute approximate surface area is 259 Å². The predicted octanol–water partition coefficient (Wildman–Crippen LogP) is 8.17. The lowest BCUT2D eigenvalue weighted by molar-refractivity contribution is -0.295. The van der Waals surface area contributed by atoms with E-state index in [-0.39, 0.29) is 25.7 Å². The number of amides is 1. The first-order valence-corrected chi connectivity index (χ1v) is 14.4. The molecule has 9 nitrogen and oxygen atoms in total. The van der Waals surface area contributed by atoms with Crippen LogP contribution in [-0.4, -0.2) is 38.8 Å². The molecule has 2 aromatic heterocycles. The van der Waals surface area contributed by atoms with E-state index in [1.165, 1.54) is 32.9 Å². The number of ketones is 1. The molecule has 5 rings (SSSR count). The summed E-state index contributed by atoms with van der Waals surface area (Å²) in [6.07, 6.45) is -8.86. The minimum absolute atomic E-state index is 0.0802. The van der Waals surface area contributed by atoms with Gasteiger partial charge in [-0.1, -0.05) is 42.5 Å². The van der Waals surface area contributed by atoms with Gasteiger partial charge in [-0.3, -0.25) is 10.1 Å². The van der Waals surface area contributed by atoms with Crippen molar-refractivity contribution in [1.82, 2.24) is 15.2 Å². The Morgan fingerprint density at radius 2 is 1.67 bits per heavy atom. The lowest BCUT2D eigenvalue weighted by atomic mass is 9.89. The number of nitrogens with one attached hydrogen (secondary N) is 1. The molecule has 3 aromatic rings. The number of anilines is 1. The van der Waals surface area contributed by atoms with Crippen molar-refractivity contribution < 1.29 is 49.8 Å². The third-order valence-corrected chi connectivity index (χ3v) is 7.63. The van der Waals surface area contributed by atoms with Gasteiger partial charge in [-0.15, -0.1) is 10.2 Å². The second kappa shape index (κ2) is 11.8. The van der Waals surface area contributed by atoms with Gasteiger partial charge >= 0.3 is 18.4 Å². The van der Waals surface area contributed by atoms with Crippen molar-refractivity contribution in [3.05, 3.63) is 71.3 Å². The second-order valence-electron chi connectivity index (χ2n) is 12.2. The zero-order valence-electron chi connectivity index (χ0n) is 25.0. The molecule has 1 atom stereocenters. The number of benzene rings is 1. The molecule has 1 aromatic carbocycles. The third-order valence-electron chi connectivity index (χ3n) is 7.63. The molecule has 0 saturated heterocycles. The largest absolute Gasteiger partial charge is 0.444 e. The van der Waals surface area contributed by atoms with Gasteiger partial charge < -0.3 is 13.9 Å². The summed E-state index contributed by atoms with van der Waals surface area (Å²) in [5.41, 5.74) is -8.76. The first kappa shape index (κ1) is 33.1. The van der Waals surface area contributed by atoms with Crippen molar-refractivity contribution in [2.75, 3.05) is 5.32 Å². The van der Waals surface area contributed by atoms with Crippen molar-refractivity contribution in [1.29, 1.82) is 0 Å². The molecule has 1 fully saturated rings. The number of Topliss-reactive ketones (excluding diaryl/α,β-unsaturated/α-hetero) is 1. The average molecular weight is 653 g/mol. The summed E-state index contributed by atoms with van der Waals surface area (Å²) in [6, 6.07) is 8.53. The van der Waals surface area contributed by atoms with E-state index < -0.39 is 88.3 Å². The zero-order valence-corrected chi connectivity index (χ0v) is 25.0. The summed E-state index contributed by atoms with van der Waals surface area (Å²) in [6.45, 7) is 4.04. The number of ether oxygens (including phenoxy) is 2. The molecule has 1 spiro atoms. The van der Waals surface area contributed by atoms with Gasteiger partial charge in [0.15, 0.2) is 11.5 Å². The second-order valence-corrected chi connectivity index (χ2v) is 12.2. The van der Waals surface area contributed by atoms with E-state index in [1.54, 1.807) is 30.3 Å². The maximum atomic E-state index is 15.0. The fraction of sp³-hybridized carbons (Fsp3) is 0.452. The highest BCUT2D eigenvalue weighted by atomic mass is 19.4. The molecule has 4 bridgehead atoms. The first-order chi connectivity index (χ1) is 21.4. The maximum absolute atomic E-state index is 15.0. The highest BCUT2D eigenvalue weighted by Crippen LogP contribution is 2.54. The van der Waals surface area contributed by atoms with Gasteiger partial charge in [-0.25, -0.2) is 9.78 Å². The van der Waals surface area contributed by atoms with Crippen LogP contribution in [0.15, 0.2) is 53.0 Å². The van der Waals surface area contributed by atoms with Crippen LogP contribution in [0.1, 0.15) is 80.4 Å². The molecule has 0 radical (unpaired) electrons. The van der Waals surface area contributed by atoms with Gasteiger partial charge in [-0.05, 0) is 58.1 Å². The van der Waals surface area contributed by atoms with Crippen LogP contribution in [0.5, 0.6) is 0 Å². The molecule has 1 amide bonds. The smallest absolute Gasteiger partial charge is 0.426 e. The monoisotopic (exact) mass is 652 g/mol. The Morgan fingerprint density at radius 1 is 0.978 bits per heavy atom. The molecule has 1 saturated carbocycles. The standard InChI is InChI=1S/C31H30F6N4O5/c1-27(2,3)46-26(43)38-20-16-19(30(32,33)34)21-23(42)28(14-15-28)12-8-5-9-13-29(31(35,36)37,44-17-18-10-6-4-7-11-18)25-41-40-24(45-25)22(20)39-21/h4-7,9-11,16H,8,12-15,17H2,1-3H3,(H,38,43)/t29-/m1/s1. The molecule has 1 aliphatic carbocycles. The van der Waals surface area contributed by atoms with Crippen molar-refractivity contribution in [3.8, 4) is 11.6 Å². The molecule has 1 aliphatic heterocycles. The summed E-state index contributed by atoms with van der Waals surface area (Å²) in [4.78, 5) is 30.3. The maximum Gasteiger partial charge on any atom is 0.426 e. The summed E-state index contributed by atoms with van der Waals surface area (Å²) >= 11 is 0. The van der Waals surface area contributed by atoms with Gasteiger partial charge in [-0.2, -0.15) is 26.3 Å². The van der Waals surface area contributed by atoms with Crippen LogP contribution >= 0.6 is 0 Å². The van der Waals surface area contributed by atoms with Crippen LogP contribution in [0.3, 0.4) is 0 Å². The number of carbonyl (C=O) groups excluding carboxylic acids is 2. The number of pyridine rings is 1. The first-order valence-electron chi connectivity index (χ1n) is 14.4. The molecule has 3 heterocycles. The molecule has 15 heteroatoms. The SMILES string of the molecule is CC(C)(C)OC(=O)Nc1cc(C(F)(F)F)c2nc1-c1nnc(o1)[C@@](OCc1ccccc1)(C(F)(F)F)CC=CCCC1(CC1)C2=O.